The van der Waals surface area contributed by atoms with Gasteiger partial charge in [0.15, 0.2) is 0 Å². The predicted octanol–water partition coefficient (Wildman–Crippen LogP) is 2.93. The Hall–Kier alpha value is -2.79. The van der Waals surface area contributed by atoms with Gasteiger partial charge in [0.2, 0.25) is 5.91 Å². The van der Waals surface area contributed by atoms with Crippen LogP contribution in [0.15, 0.2) is 30.0 Å². The largest absolute Gasteiger partial charge is 0.358 e. The Bertz CT molecular complexity index is 602. The number of hydrogen-bond donors (Lipinski definition) is 2. The quantitative estimate of drug-likeness (QED) is 0.822. The zero-order chi connectivity index (χ0) is 15.1. The number of aryl methyl sites for hydroxylation is 1. The first-order valence-electron chi connectivity index (χ1n) is 6.16. The molecule has 0 unspecified atom stereocenters. The first-order chi connectivity index (χ1) is 9.47. The highest BCUT2D eigenvalue weighted by molar-refractivity contribution is 5.95. The van der Waals surface area contributed by atoms with Gasteiger partial charge in [-0.2, -0.15) is 10.5 Å². The van der Waals surface area contributed by atoms with Crippen LogP contribution in [0.1, 0.15) is 19.4 Å². The normalized spacial score (nSPS) is 9.30. The maximum absolute atomic E-state index is 11.7. The fraction of sp³-hybridized carbons (Fsp3) is 0.267. The van der Waals surface area contributed by atoms with E-state index in [4.69, 9.17) is 10.5 Å². The molecule has 0 radical (unpaired) electrons. The fourth-order valence-electron chi connectivity index (χ4n) is 1.40. The van der Waals surface area contributed by atoms with E-state index in [-0.39, 0.29) is 17.4 Å². The summed E-state index contributed by atoms with van der Waals surface area (Å²) in [4.78, 5) is 11.7. The van der Waals surface area contributed by atoms with E-state index in [1.165, 1.54) is 6.20 Å². The Balaban J connectivity index is 3.03. The Kier molecular flexibility index (Phi) is 5.31. The van der Waals surface area contributed by atoms with Gasteiger partial charge in [-0.05, 0) is 24.6 Å². The molecule has 0 aliphatic heterocycles. The highest BCUT2D eigenvalue weighted by Gasteiger charge is 2.10. The van der Waals surface area contributed by atoms with E-state index in [2.05, 4.69) is 10.6 Å². The Morgan fingerprint density at radius 2 is 1.90 bits per heavy atom. The molecule has 0 aliphatic rings. The molecule has 5 nitrogen and oxygen atoms in total. The second-order valence-corrected chi connectivity index (χ2v) is 4.62. The van der Waals surface area contributed by atoms with Crippen LogP contribution >= 0.6 is 0 Å². The van der Waals surface area contributed by atoms with Crippen molar-refractivity contribution in [3.8, 4) is 12.1 Å². The molecule has 1 amide bonds. The molecule has 0 atom stereocenters. The number of rotatable bonds is 4. The lowest BCUT2D eigenvalue weighted by Gasteiger charge is -2.13. The zero-order valence-electron chi connectivity index (χ0n) is 11.7. The van der Waals surface area contributed by atoms with Crippen LogP contribution in [-0.4, -0.2) is 5.91 Å². The van der Waals surface area contributed by atoms with E-state index in [9.17, 15) is 4.79 Å². The van der Waals surface area contributed by atoms with Crippen molar-refractivity contribution in [2.75, 3.05) is 10.6 Å². The van der Waals surface area contributed by atoms with E-state index in [0.29, 0.717) is 11.4 Å². The minimum atomic E-state index is -0.131. The SMILES string of the molecule is Cc1ccc(NC(=O)C(C)C)c(NC=C(C#N)C#N)c1. The van der Waals surface area contributed by atoms with Gasteiger partial charge in [0.25, 0.3) is 0 Å². The molecule has 102 valence electrons. The molecule has 0 bridgehead atoms. The number of carbonyl (C=O) groups is 1. The summed E-state index contributed by atoms with van der Waals surface area (Å²) >= 11 is 0. The van der Waals surface area contributed by atoms with Crippen molar-refractivity contribution in [1.82, 2.24) is 0 Å². The van der Waals surface area contributed by atoms with E-state index in [1.54, 1.807) is 32.1 Å². The lowest BCUT2D eigenvalue weighted by Crippen LogP contribution is -2.18. The Morgan fingerprint density at radius 3 is 2.45 bits per heavy atom. The van der Waals surface area contributed by atoms with Gasteiger partial charge in [-0.15, -0.1) is 0 Å². The summed E-state index contributed by atoms with van der Waals surface area (Å²) in [6.45, 7) is 5.53. The molecular formula is C15H16N4O. The highest BCUT2D eigenvalue weighted by atomic mass is 16.1. The van der Waals surface area contributed by atoms with Crippen LogP contribution in [0.5, 0.6) is 0 Å². The Morgan fingerprint density at radius 1 is 1.25 bits per heavy atom. The molecule has 1 aromatic carbocycles. The van der Waals surface area contributed by atoms with Crippen LogP contribution < -0.4 is 10.6 Å². The van der Waals surface area contributed by atoms with Crippen LogP contribution in [0.2, 0.25) is 0 Å². The summed E-state index contributed by atoms with van der Waals surface area (Å²) in [6.07, 6.45) is 1.32. The molecule has 0 spiro atoms. The third kappa shape index (κ3) is 4.15. The average molecular weight is 268 g/mol. The van der Waals surface area contributed by atoms with Gasteiger partial charge in [0, 0.05) is 12.1 Å². The number of amides is 1. The number of nitriles is 2. The molecule has 1 aromatic rings. The van der Waals surface area contributed by atoms with Crippen molar-refractivity contribution < 1.29 is 4.79 Å². The van der Waals surface area contributed by atoms with E-state index in [1.807, 2.05) is 19.1 Å². The molecule has 0 heterocycles. The highest BCUT2D eigenvalue weighted by Crippen LogP contribution is 2.24. The third-order valence-corrected chi connectivity index (χ3v) is 2.57. The molecule has 5 heteroatoms. The third-order valence-electron chi connectivity index (χ3n) is 2.57. The van der Waals surface area contributed by atoms with Gasteiger partial charge in [0.1, 0.15) is 17.7 Å². The van der Waals surface area contributed by atoms with Gasteiger partial charge in [-0.1, -0.05) is 19.9 Å². The van der Waals surface area contributed by atoms with Crippen molar-refractivity contribution in [2.45, 2.75) is 20.8 Å². The molecule has 0 fully saturated rings. The number of benzene rings is 1. The molecular weight excluding hydrogens is 252 g/mol. The minimum Gasteiger partial charge on any atom is -0.358 e. The summed E-state index contributed by atoms with van der Waals surface area (Å²) in [5.74, 6) is -0.227. The number of carbonyl (C=O) groups excluding carboxylic acids is 1. The van der Waals surface area contributed by atoms with Gasteiger partial charge < -0.3 is 10.6 Å². The van der Waals surface area contributed by atoms with Crippen molar-refractivity contribution in [2.24, 2.45) is 5.92 Å². The minimum absolute atomic E-state index is 0.0346. The van der Waals surface area contributed by atoms with E-state index < -0.39 is 0 Å². The number of nitrogens with one attached hydrogen (secondary N) is 2. The van der Waals surface area contributed by atoms with Gasteiger partial charge in [-0.3, -0.25) is 4.79 Å². The van der Waals surface area contributed by atoms with Crippen LogP contribution in [0.3, 0.4) is 0 Å². The van der Waals surface area contributed by atoms with Crippen LogP contribution in [0.25, 0.3) is 0 Å². The van der Waals surface area contributed by atoms with Gasteiger partial charge in [0.05, 0.1) is 11.4 Å². The predicted molar refractivity (Wildman–Crippen MR) is 77.6 cm³/mol. The molecule has 0 saturated heterocycles. The molecule has 20 heavy (non-hydrogen) atoms. The number of hydrogen-bond acceptors (Lipinski definition) is 4. The number of allylic oxidation sites excluding steroid dienone is 1. The fourth-order valence-corrected chi connectivity index (χ4v) is 1.40. The summed E-state index contributed by atoms with van der Waals surface area (Å²) < 4.78 is 0. The first-order valence-corrected chi connectivity index (χ1v) is 6.16. The maximum atomic E-state index is 11.7. The van der Waals surface area contributed by atoms with Crippen LogP contribution in [0, 0.1) is 35.5 Å². The van der Waals surface area contributed by atoms with E-state index >= 15 is 0 Å². The lowest BCUT2D eigenvalue weighted by molar-refractivity contribution is -0.118. The van der Waals surface area contributed by atoms with Crippen LogP contribution in [-0.2, 0) is 4.79 Å². The first kappa shape index (κ1) is 15.3. The smallest absolute Gasteiger partial charge is 0.226 e. The molecule has 0 aromatic heterocycles. The van der Waals surface area contributed by atoms with E-state index in [0.717, 1.165) is 5.56 Å². The monoisotopic (exact) mass is 268 g/mol. The van der Waals surface area contributed by atoms with Crippen molar-refractivity contribution >= 4 is 17.3 Å². The molecule has 0 aliphatic carbocycles. The standard InChI is InChI=1S/C15H16N4O/c1-10(2)15(20)19-13-5-4-11(3)6-14(13)18-9-12(7-16)8-17/h4-6,9-10,18H,1-3H3,(H,19,20). The lowest BCUT2D eigenvalue weighted by atomic mass is 10.1. The van der Waals surface area contributed by atoms with Crippen LogP contribution in [0.4, 0.5) is 11.4 Å². The maximum Gasteiger partial charge on any atom is 0.226 e. The molecule has 2 N–H and O–H groups in total. The molecule has 1 rings (SSSR count). The van der Waals surface area contributed by atoms with Gasteiger partial charge in [-0.25, -0.2) is 0 Å². The summed E-state index contributed by atoms with van der Waals surface area (Å²) in [5, 5.41) is 23.1. The summed E-state index contributed by atoms with van der Waals surface area (Å²) in [5.41, 5.74) is 2.22. The van der Waals surface area contributed by atoms with Crippen molar-refractivity contribution in [1.29, 1.82) is 10.5 Å². The van der Waals surface area contributed by atoms with Gasteiger partial charge >= 0.3 is 0 Å². The summed E-state index contributed by atoms with van der Waals surface area (Å²) in [6, 6.07) is 9.02. The number of nitrogens with zero attached hydrogens (tertiary/aromatic N) is 2. The topological polar surface area (TPSA) is 88.7 Å². The van der Waals surface area contributed by atoms with Crippen molar-refractivity contribution in [3.63, 3.8) is 0 Å². The number of anilines is 2. The molecule has 0 saturated carbocycles. The second kappa shape index (κ2) is 6.96. The average Bonchev–Trinajstić information content (AvgIpc) is 2.42. The second-order valence-electron chi connectivity index (χ2n) is 4.62. The summed E-state index contributed by atoms with van der Waals surface area (Å²) in [7, 11) is 0. The Labute approximate surface area is 118 Å². The van der Waals surface area contributed by atoms with Crippen molar-refractivity contribution in [3.05, 3.63) is 35.5 Å². The zero-order valence-corrected chi connectivity index (χ0v) is 11.7.